The van der Waals surface area contributed by atoms with Gasteiger partial charge in [0.25, 0.3) is 0 Å². The van der Waals surface area contributed by atoms with Crippen LogP contribution in [0.3, 0.4) is 0 Å². The van der Waals surface area contributed by atoms with E-state index < -0.39 is 18.2 Å². The number of alkyl halides is 1. The van der Waals surface area contributed by atoms with Gasteiger partial charge in [-0.15, -0.1) is 0 Å². The van der Waals surface area contributed by atoms with Gasteiger partial charge in [0.1, 0.15) is 18.1 Å². The molecule has 0 bridgehead atoms. The van der Waals surface area contributed by atoms with E-state index >= 15 is 0 Å². The molecule has 0 aliphatic rings. The average Bonchev–Trinajstić information content (AvgIpc) is 2.69. The molecular weight excluding hydrogens is 347 g/mol. The Labute approximate surface area is 156 Å². The molecular formula is C22H19FO4. The molecule has 5 heteroatoms. The van der Waals surface area contributed by atoms with Crippen molar-refractivity contribution in [2.24, 2.45) is 0 Å². The third kappa shape index (κ3) is 5.07. The van der Waals surface area contributed by atoms with Crippen LogP contribution in [0.5, 0.6) is 11.5 Å². The molecule has 0 aliphatic heterocycles. The molecule has 0 spiro atoms. The van der Waals surface area contributed by atoms with Gasteiger partial charge >= 0.3 is 11.8 Å². The van der Waals surface area contributed by atoms with Gasteiger partial charge in [-0.3, -0.25) is 0 Å². The van der Waals surface area contributed by atoms with Gasteiger partial charge in [0.15, 0.2) is 0 Å². The number of rotatable bonds is 8. The van der Waals surface area contributed by atoms with Gasteiger partial charge in [-0.2, -0.15) is 4.39 Å². The number of carbonyl (C=O) groups is 1. The molecule has 1 unspecified atom stereocenters. The molecule has 1 atom stereocenters. The predicted molar refractivity (Wildman–Crippen MR) is 99.5 cm³/mol. The molecule has 138 valence electrons. The lowest BCUT2D eigenvalue weighted by Crippen LogP contribution is -2.42. The minimum Gasteiger partial charge on any atom is -0.489 e. The first kappa shape index (κ1) is 18.5. The number of aliphatic carboxylic acids is 1. The number of carboxylic acid groups (broad SMARTS) is 1. The van der Waals surface area contributed by atoms with Crippen molar-refractivity contribution in [2.45, 2.75) is 18.9 Å². The Morgan fingerprint density at radius 2 is 1.41 bits per heavy atom. The molecule has 0 heterocycles. The van der Waals surface area contributed by atoms with E-state index in [1.165, 1.54) is 12.1 Å². The summed E-state index contributed by atoms with van der Waals surface area (Å²) in [6, 6.07) is 24.4. The first-order valence-corrected chi connectivity index (χ1v) is 8.47. The molecule has 3 aromatic carbocycles. The van der Waals surface area contributed by atoms with E-state index in [0.29, 0.717) is 17.9 Å². The SMILES string of the molecule is O=C(O)C(F)(Cc1ccc(OCc2ccccc2)cc1)Oc1ccccc1. The summed E-state index contributed by atoms with van der Waals surface area (Å²) < 4.78 is 25.7. The molecule has 3 aromatic rings. The zero-order valence-electron chi connectivity index (χ0n) is 14.5. The van der Waals surface area contributed by atoms with Gasteiger partial charge in [-0.1, -0.05) is 60.7 Å². The van der Waals surface area contributed by atoms with Gasteiger partial charge in [-0.25, -0.2) is 4.79 Å². The lowest BCUT2D eigenvalue weighted by atomic mass is 10.1. The number of hydrogen-bond donors (Lipinski definition) is 1. The molecule has 0 aromatic heterocycles. The summed E-state index contributed by atoms with van der Waals surface area (Å²) in [7, 11) is 0. The van der Waals surface area contributed by atoms with Crippen LogP contribution in [0, 0.1) is 0 Å². The Balaban J connectivity index is 1.65. The van der Waals surface area contributed by atoms with Crippen molar-refractivity contribution in [1.82, 2.24) is 0 Å². The van der Waals surface area contributed by atoms with Gasteiger partial charge in [0.2, 0.25) is 0 Å². The van der Waals surface area contributed by atoms with Crippen LogP contribution in [-0.2, 0) is 17.8 Å². The van der Waals surface area contributed by atoms with Crippen molar-refractivity contribution in [1.29, 1.82) is 0 Å². The standard InChI is InChI=1S/C22H19FO4/c23-22(21(24)25,27-20-9-5-2-6-10-20)15-17-11-13-19(14-12-17)26-16-18-7-3-1-4-8-18/h1-14H,15-16H2,(H,24,25). The third-order valence-electron chi connectivity index (χ3n) is 3.95. The third-order valence-corrected chi connectivity index (χ3v) is 3.95. The smallest absolute Gasteiger partial charge is 0.382 e. The maximum Gasteiger partial charge on any atom is 0.382 e. The highest BCUT2D eigenvalue weighted by atomic mass is 19.2. The second-order valence-corrected chi connectivity index (χ2v) is 6.04. The van der Waals surface area contributed by atoms with Crippen LogP contribution in [0.2, 0.25) is 0 Å². The van der Waals surface area contributed by atoms with E-state index in [0.717, 1.165) is 5.56 Å². The number of para-hydroxylation sites is 1. The maximum absolute atomic E-state index is 14.9. The van der Waals surface area contributed by atoms with Crippen LogP contribution in [0.1, 0.15) is 11.1 Å². The Kier molecular flexibility index (Phi) is 5.71. The van der Waals surface area contributed by atoms with E-state index in [1.54, 1.807) is 42.5 Å². The van der Waals surface area contributed by atoms with E-state index in [1.807, 2.05) is 30.3 Å². The van der Waals surface area contributed by atoms with Crippen molar-refractivity contribution < 1.29 is 23.8 Å². The van der Waals surface area contributed by atoms with E-state index in [4.69, 9.17) is 9.47 Å². The zero-order chi connectivity index (χ0) is 19.1. The molecule has 0 saturated carbocycles. The summed E-state index contributed by atoms with van der Waals surface area (Å²) in [6.45, 7) is 0.416. The highest BCUT2D eigenvalue weighted by Crippen LogP contribution is 2.25. The van der Waals surface area contributed by atoms with E-state index in [9.17, 15) is 14.3 Å². The quantitative estimate of drug-likeness (QED) is 0.631. The summed E-state index contributed by atoms with van der Waals surface area (Å²) in [5.41, 5.74) is 1.52. The van der Waals surface area contributed by atoms with Crippen molar-refractivity contribution in [2.75, 3.05) is 0 Å². The summed E-state index contributed by atoms with van der Waals surface area (Å²) in [5.74, 6) is -3.75. The molecule has 4 nitrogen and oxygen atoms in total. The van der Waals surface area contributed by atoms with E-state index in [-0.39, 0.29) is 5.75 Å². The Hall–Kier alpha value is -3.34. The summed E-state index contributed by atoms with van der Waals surface area (Å²) in [6.07, 6.45) is -0.420. The van der Waals surface area contributed by atoms with E-state index in [2.05, 4.69) is 0 Å². The first-order chi connectivity index (χ1) is 13.0. The molecule has 3 rings (SSSR count). The molecule has 0 radical (unpaired) electrons. The van der Waals surface area contributed by atoms with Crippen LogP contribution < -0.4 is 9.47 Å². The van der Waals surface area contributed by atoms with Crippen LogP contribution in [0.4, 0.5) is 4.39 Å². The zero-order valence-corrected chi connectivity index (χ0v) is 14.5. The average molecular weight is 366 g/mol. The monoisotopic (exact) mass is 366 g/mol. The van der Waals surface area contributed by atoms with Gasteiger partial charge < -0.3 is 14.6 Å². The highest BCUT2D eigenvalue weighted by molar-refractivity contribution is 5.76. The molecule has 1 N–H and O–H groups in total. The minimum atomic E-state index is -2.85. The number of halogens is 1. The summed E-state index contributed by atoms with van der Waals surface area (Å²) >= 11 is 0. The van der Waals surface area contributed by atoms with Crippen LogP contribution in [0.25, 0.3) is 0 Å². The highest BCUT2D eigenvalue weighted by Gasteiger charge is 2.41. The first-order valence-electron chi connectivity index (χ1n) is 8.47. The lowest BCUT2D eigenvalue weighted by molar-refractivity contribution is -0.173. The summed E-state index contributed by atoms with van der Waals surface area (Å²) in [4.78, 5) is 11.4. The fourth-order valence-corrected chi connectivity index (χ4v) is 2.54. The van der Waals surface area contributed by atoms with Crippen molar-refractivity contribution in [3.63, 3.8) is 0 Å². The van der Waals surface area contributed by atoms with Gasteiger partial charge in [-0.05, 0) is 35.4 Å². The fraction of sp³-hybridized carbons (Fsp3) is 0.136. The normalized spacial score (nSPS) is 12.8. The van der Waals surface area contributed by atoms with Gasteiger partial charge in [0.05, 0.1) is 6.42 Å². The van der Waals surface area contributed by atoms with Crippen molar-refractivity contribution in [3.05, 3.63) is 96.1 Å². The number of ether oxygens (including phenoxy) is 2. The summed E-state index contributed by atoms with van der Waals surface area (Å²) in [5, 5.41) is 9.30. The fourth-order valence-electron chi connectivity index (χ4n) is 2.54. The molecule has 0 saturated heterocycles. The second-order valence-electron chi connectivity index (χ2n) is 6.04. The molecule has 0 amide bonds. The van der Waals surface area contributed by atoms with Crippen LogP contribution in [-0.4, -0.2) is 16.9 Å². The number of benzene rings is 3. The van der Waals surface area contributed by atoms with Crippen LogP contribution in [0.15, 0.2) is 84.9 Å². The maximum atomic E-state index is 14.9. The second kappa shape index (κ2) is 8.36. The topological polar surface area (TPSA) is 55.8 Å². The minimum absolute atomic E-state index is 0.158. The Bertz CT molecular complexity index is 866. The van der Waals surface area contributed by atoms with Crippen molar-refractivity contribution >= 4 is 5.97 Å². The lowest BCUT2D eigenvalue weighted by Gasteiger charge is -2.22. The molecule has 0 fully saturated rings. The number of carboxylic acids is 1. The number of hydrogen-bond acceptors (Lipinski definition) is 3. The Morgan fingerprint density at radius 1 is 0.815 bits per heavy atom. The predicted octanol–water partition coefficient (Wildman–Crippen LogP) is 4.64. The van der Waals surface area contributed by atoms with Gasteiger partial charge in [0, 0.05) is 0 Å². The Morgan fingerprint density at radius 3 is 2.00 bits per heavy atom. The molecule has 0 aliphatic carbocycles. The van der Waals surface area contributed by atoms with Crippen molar-refractivity contribution in [3.8, 4) is 11.5 Å². The largest absolute Gasteiger partial charge is 0.489 e. The molecule has 27 heavy (non-hydrogen) atoms. The van der Waals surface area contributed by atoms with Crippen LogP contribution >= 0.6 is 0 Å².